The van der Waals surface area contributed by atoms with Gasteiger partial charge in [0.25, 0.3) is 0 Å². The number of carbonyl (C=O) groups excluding carboxylic acids is 1. The average Bonchev–Trinajstić information content (AvgIpc) is 2.64. The van der Waals surface area contributed by atoms with E-state index in [-0.39, 0.29) is 5.91 Å². The van der Waals surface area contributed by atoms with Crippen LogP contribution in [-0.4, -0.2) is 55.5 Å². The summed E-state index contributed by atoms with van der Waals surface area (Å²) in [7, 11) is 1.68. The molecule has 0 aromatic heterocycles. The number of ether oxygens (including phenoxy) is 1. The molecule has 1 aliphatic rings. The third kappa shape index (κ3) is 5.31. The van der Waals surface area contributed by atoms with Crippen molar-refractivity contribution in [1.82, 2.24) is 9.80 Å². The smallest absolute Gasteiger partial charge is 0.238 e. The molecule has 2 aromatic rings. The van der Waals surface area contributed by atoms with Crippen LogP contribution in [0.15, 0.2) is 48.5 Å². The first-order valence-corrected chi connectivity index (χ1v) is 9.06. The van der Waals surface area contributed by atoms with Crippen molar-refractivity contribution in [2.24, 2.45) is 0 Å². The van der Waals surface area contributed by atoms with Crippen LogP contribution in [0.5, 0.6) is 5.75 Å². The molecule has 0 bridgehead atoms. The fourth-order valence-electron chi connectivity index (χ4n) is 3.22. The monoisotopic (exact) mass is 353 g/mol. The second kappa shape index (κ2) is 8.83. The van der Waals surface area contributed by atoms with Crippen LogP contribution in [0.25, 0.3) is 0 Å². The average molecular weight is 353 g/mol. The van der Waals surface area contributed by atoms with E-state index in [1.54, 1.807) is 7.11 Å². The number of hydrogen-bond donors (Lipinski definition) is 1. The maximum atomic E-state index is 12.2. The molecule has 26 heavy (non-hydrogen) atoms. The van der Waals surface area contributed by atoms with Crippen molar-refractivity contribution in [1.29, 1.82) is 0 Å². The number of methoxy groups -OCH3 is 1. The lowest BCUT2D eigenvalue weighted by atomic mass is 10.2. The molecule has 0 saturated carbocycles. The van der Waals surface area contributed by atoms with Crippen molar-refractivity contribution < 1.29 is 9.53 Å². The fraction of sp³-hybridized carbons (Fsp3) is 0.381. The molecule has 0 spiro atoms. The molecule has 3 rings (SSSR count). The number of nitrogens with one attached hydrogen (secondary N) is 1. The Hall–Kier alpha value is -2.37. The zero-order valence-corrected chi connectivity index (χ0v) is 15.6. The summed E-state index contributed by atoms with van der Waals surface area (Å²) >= 11 is 0. The van der Waals surface area contributed by atoms with E-state index in [4.69, 9.17) is 4.74 Å². The molecular weight excluding hydrogens is 326 g/mol. The third-order valence-electron chi connectivity index (χ3n) is 4.70. The molecule has 2 aromatic carbocycles. The van der Waals surface area contributed by atoms with Gasteiger partial charge in [-0.2, -0.15) is 0 Å². The third-order valence-corrected chi connectivity index (χ3v) is 4.70. The lowest BCUT2D eigenvalue weighted by molar-refractivity contribution is -0.117. The molecule has 0 aliphatic carbocycles. The van der Waals surface area contributed by atoms with Gasteiger partial charge in [0.15, 0.2) is 0 Å². The predicted molar refractivity (Wildman–Crippen MR) is 105 cm³/mol. The Kier molecular flexibility index (Phi) is 6.26. The number of carbonyl (C=O) groups is 1. The molecule has 5 nitrogen and oxygen atoms in total. The number of nitrogens with zero attached hydrogens (tertiary/aromatic N) is 2. The van der Waals surface area contributed by atoms with Gasteiger partial charge in [-0.3, -0.25) is 14.6 Å². The first-order valence-electron chi connectivity index (χ1n) is 9.06. The molecule has 0 atom stereocenters. The van der Waals surface area contributed by atoms with Crippen molar-refractivity contribution in [3.05, 3.63) is 59.7 Å². The molecule has 1 aliphatic heterocycles. The van der Waals surface area contributed by atoms with Crippen LogP contribution in [0.3, 0.4) is 0 Å². The van der Waals surface area contributed by atoms with Crippen LogP contribution in [0.2, 0.25) is 0 Å². The summed E-state index contributed by atoms with van der Waals surface area (Å²) in [5.41, 5.74) is 3.31. The first kappa shape index (κ1) is 18.4. The number of amides is 1. The summed E-state index contributed by atoms with van der Waals surface area (Å²) in [6, 6.07) is 16.1. The molecule has 1 fully saturated rings. The fourth-order valence-corrected chi connectivity index (χ4v) is 3.22. The highest BCUT2D eigenvalue weighted by molar-refractivity contribution is 5.92. The van der Waals surface area contributed by atoms with Gasteiger partial charge in [0, 0.05) is 38.4 Å². The minimum atomic E-state index is 0.0548. The highest BCUT2D eigenvalue weighted by atomic mass is 16.5. The lowest BCUT2D eigenvalue weighted by Crippen LogP contribution is -2.48. The van der Waals surface area contributed by atoms with Crippen molar-refractivity contribution in [3.8, 4) is 5.75 Å². The number of hydrogen-bond acceptors (Lipinski definition) is 4. The van der Waals surface area contributed by atoms with Crippen LogP contribution >= 0.6 is 0 Å². The molecule has 1 N–H and O–H groups in total. The Morgan fingerprint density at radius 3 is 2.38 bits per heavy atom. The van der Waals surface area contributed by atoms with Crippen molar-refractivity contribution in [2.45, 2.75) is 13.5 Å². The van der Waals surface area contributed by atoms with E-state index in [1.165, 1.54) is 5.56 Å². The Balaban J connectivity index is 1.42. The van der Waals surface area contributed by atoms with Crippen LogP contribution in [0.4, 0.5) is 5.69 Å². The van der Waals surface area contributed by atoms with Gasteiger partial charge in [-0.15, -0.1) is 0 Å². The number of rotatable bonds is 6. The Bertz CT molecular complexity index is 722. The second-order valence-electron chi connectivity index (χ2n) is 6.82. The van der Waals surface area contributed by atoms with E-state index in [0.717, 1.165) is 49.7 Å². The van der Waals surface area contributed by atoms with Crippen molar-refractivity contribution in [3.63, 3.8) is 0 Å². The summed E-state index contributed by atoms with van der Waals surface area (Å²) in [4.78, 5) is 16.9. The summed E-state index contributed by atoms with van der Waals surface area (Å²) in [6.45, 7) is 7.19. The van der Waals surface area contributed by atoms with Gasteiger partial charge in [-0.1, -0.05) is 24.3 Å². The van der Waals surface area contributed by atoms with Crippen molar-refractivity contribution in [2.75, 3.05) is 45.2 Å². The molecule has 1 saturated heterocycles. The molecule has 5 heteroatoms. The summed E-state index contributed by atoms with van der Waals surface area (Å²) in [6.07, 6.45) is 0. The topological polar surface area (TPSA) is 44.8 Å². The number of benzene rings is 2. The molecule has 0 unspecified atom stereocenters. The molecule has 0 radical (unpaired) electrons. The maximum Gasteiger partial charge on any atom is 0.238 e. The highest BCUT2D eigenvalue weighted by Crippen LogP contribution is 2.14. The van der Waals surface area contributed by atoms with Gasteiger partial charge in [0.05, 0.1) is 13.7 Å². The SMILES string of the molecule is COc1ccc(CN2CCN(CC(=O)Nc3cccc(C)c3)CC2)cc1. The summed E-state index contributed by atoms with van der Waals surface area (Å²) in [5.74, 6) is 0.942. The lowest BCUT2D eigenvalue weighted by Gasteiger charge is -2.34. The van der Waals surface area contributed by atoms with Gasteiger partial charge < -0.3 is 10.1 Å². The van der Waals surface area contributed by atoms with Crippen LogP contribution in [0.1, 0.15) is 11.1 Å². The van der Waals surface area contributed by atoms with Gasteiger partial charge >= 0.3 is 0 Å². The van der Waals surface area contributed by atoms with E-state index in [2.05, 4.69) is 27.2 Å². The zero-order chi connectivity index (χ0) is 18.4. The maximum absolute atomic E-state index is 12.2. The standard InChI is InChI=1S/C21H27N3O2/c1-17-4-3-5-19(14-17)22-21(25)16-24-12-10-23(11-13-24)15-18-6-8-20(26-2)9-7-18/h3-9,14H,10-13,15-16H2,1-2H3,(H,22,25). The van der Waals surface area contributed by atoms with E-state index < -0.39 is 0 Å². The second-order valence-corrected chi connectivity index (χ2v) is 6.82. The Morgan fingerprint density at radius 2 is 1.73 bits per heavy atom. The normalized spacial score (nSPS) is 15.6. The molecule has 1 heterocycles. The van der Waals surface area contributed by atoms with Gasteiger partial charge in [0.1, 0.15) is 5.75 Å². The quantitative estimate of drug-likeness (QED) is 0.867. The molecular formula is C21H27N3O2. The van der Waals surface area contributed by atoms with Crippen molar-refractivity contribution >= 4 is 11.6 Å². The molecule has 138 valence electrons. The van der Waals surface area contributed by atoms with Crippen LogP contribution in [0, 0.1) is 6.92 Å². The van der Waals surface area contributed by atoms with Crippen LogP contribution in [-0.2, 0) is 11.3 Å². The highest BCUT2D eigenvalue weighted by Gasteiger charge is 2.19. The van der Waals surface area contributed by atoms with Gasteiger partial charge in [-0.05, 0) is 42.3 Å². The van der Waals surface area contributed by atoms with E-state index >= 15 is 0 Å². The van der Waals surface area contributed by atoms with Gasteiger partial charge in [0.2, 0.25) is 5.91 Å². The number of aryl methyl sites for hydroxylation is 1. The summed E-state index contributed by atoms with van der Waals surface area (Å²) in [5, 5.41) is 2.99. The summed E-state index contributed by atoms with van der Waals surface area (Å²) < 4.78 is 5.20. The van der Waals surface area contributed by atoms with E-state index in [9.17, 15) is 4.79 Å². The molecule has 1 amide bonds. The minimum absolute atomic E-state index is 0.0548. The zero-order valence-electron chi connectivity index (χ0n) is 15.6. The van der Waals surface area contributed by atoms with Gasteiger partial charge in [-0.25, -0.2) is 0 Å². The first-order chi connectivity index (χ1) is 12.6. The van der Waals surface area contributed by atoms with E-state index in [0.29, 0.717) is 6.54 Å². The Labute approximate surface area is 155 Å². The number of piperazine rings is 1. The number of anilines is 1. The Morgan fingerprint density at radius 1 is 1.04 bits per heavy atom. The largest absolute Gasteiger partial charge is 0.497 e. The van der Waals surface area contributed by atoms with Crippen LogP contribution < -0.4 is 10.1 Å². The predicted octanol–water partition coefficient (Wildman–Crippen LogP) is 2.76. The minimum Gasteiger partial charge on any atom is -0.497 e. The van der Waals surface area contributed by atoms with E-state index in [1.807, 2.05) is 43.3 Å².